The molecule has 2 aliphatic rings. The first-order valence-electron chi connectivity index (χ1n) is 10.1. The van der Waals surface area contributed by atoms with Gasteiger partial charge in [-0.2, -0.15) is 5.10 Å². The lowest BCUT2D eigenvalue weighted by atomic mass is 10.0. The molecular formula is C22H23BrCl2N4O. The Hall–Kier alpha value is -1.60. The van der Waals surface area contributed by atoms with Gasteiger partial charge in [-0.15, -0.1) is 0 Å². The zero-order chi connectivity index (χ0) is 21.1. The maximum Gasteiger partial charge on any atom is 0.281 e. The van der Waals surface area contributed by atoms with E-state index < -0.39 is 0 Å². The maximum atomic E-state index is 13.0. The van der Waals surface area contributed by atoms with E-state index in [0.29, 0.717) is 22.2 Å². The Bertz CT molecular complexity index is 943. The summed E-state index contributed by atoms with van der Waals surface area (Å²) in [7, 11) is 0. The molecule has 1 saturated heterocycles. The van der Waals surface area contributed by atoms with Crippen LogP contribution in [-0.4, -0.2) is 29.7 Å². The fourth-order valence-corrected chi connectivity index (χ4v) is 4.63. The number of nitrogens with zero attached hydrogens (tertiary/aromatic N) is 3. The zero-order valence-electron chi connectivity index (χ0n) is 16.5. The number of anilines is 1. The molecule has 1 N–H and O–H groups in total. The van der Waals surface area contributed by atoms with Crippen molar-refractivity contribution in [2.45, 2.75) is 38.1 Å². The molecule has 2 heterocycles. The maximum absolute atomic E-state index is 13.0. The summed E-state index contributed by atoms with van der Waals surface area (Å²) in [4.78, 5) is 13.0. The van der Waals surface area contributed by atoms with Crippen LogP contribution in [-0.2, 0) is 4.79 Å². The second-order valence-corrected chi connectivity index (χ2v) is 9.36. The quantitative estimate of drug-likeness (QED) is 0.552. The normalized spacial score (nSPS) is 20.0. The highest BCUT2D eigenvalue weighted by Crippen LogP contribution is 2.39. The number of hydrogen-bond acceptors (Lipinski definition) is 4. The zero-order valence-corrected chi connectivity index (χ0v) is 19.6. The predicted octanol–water partition coefficient (Wildman–Crippen LogP) is 5.97. The predicted molar refractivity (Wildman–Crippen MR) is 126 cm³/mol. The van der Waals surface area contributed by atoms with Gasteiger partial charge in [0.25, 0.3) is 5.91 Å². The van der Waals surface area contributed by atoms with E-state index in [9.17, 15) is 4.79 Å². The van der Waals surface area contributed by atoms with Crippen LogP contribution < -0.4 is 10.4 Å². The molecule has 8 heteroatoms. The van der Waals surface area contributed by atoms with Crippen LogP contribution in [0.2, 0.25) is 10.0 Å². The minimum absolute atomic E-state index is 0.123. The van der Waals surface area contributed by atoms with Gasteiger partial charge in [0, 0.05) is 29.0 Å². The van der Waals surface area contributed by atoms with Crippen LogP contribution in [0.3, 0.4) is 0 Å². The van der Waals surface area contributed by atoms with Crippen LogP contribution >= 0.6 is 39.1 Å². The molecule has 158 valence electrons. The van der Waals surface area contributed by atoms with Gasteiger partial charge in [-0.3, -0.25) is 15.2 Å². The molecule has 0 spiro atoms. The number of hydrogen-bond donors (Lipinski definition) is 1. The van der Waals surface area contributed by atoms with Gasteiger partial charge in [-0.25, -0.2) is 5.01 Å². The lowest BCUT2D eigenvalue weighted by Crippen LogP contribution is -2.45. The van der Waals surface area contributed by atoms with Crippen LogP contribution in [0, 0.1) is 0 Å². The second kappa shape index (κ2) is 9.69. The number of nitrogens with one attached hydrogen (secondary N) is 1. The molecule has 2 aromatic carbocycles. The fraction of sp³-hybridized carbons (Fsp3) is 0.364. The average molecular weight is 510 g/mol. The van der Waals surface area contributed by atoms with Crippen molar-refractivity contribution in [3.05, 3.63) is 62.5 Å². The molecule has 1 amide bonds. The lowest BCUT2D eigenvalue weighted by molar-refractivity contribution is -0.119. The van der Waals surface area contributed by atoms with Gasteiger partial charge in [0.1, 0.15) is 5.71 Å². The standard InChI is InChI=1S/C22H23BrCl2N4O/c23-16-7-5-15(6-8-16)21-14-19(22(30)27-28-11-3-1-2-4-12-28)26-29(21)20-10-9-17(24)13-18(20)25/h5-10,13,21H,1-4,11-12,14H2,(H,27,30)/t21-/m0/s1. The molecule has 4 rings (SSSR count). The van der Waals surface area contributed by atoms with Crippen LogP contribution in [0.15, 0.2) is 52.0 Å². The van der Waals surface area contributed by atoms with E-state index in [4.69, 9.17) is 23.2 Å². The third kappa shape index (κ3) is 4.99. The van der Waals surface area contributed by atoms with E-state index in [0.717, 1.165) is 41.7 Å². The van der Waals surface area contributed by atoms with Crippen molar-refractivity contribution in [3.63, 3.8) is 0 Å². The summed E-state index contributed by atoms with van der Waals surface area (Å²) in [6, 6.07) is 13.3. The van der Waals surface area contributed by atoms with E-state index >= 15 is 0 Å². The van der Waals surface area contributed by atoms with Crippen LogP contribution in [0.1, 0.15) is 43.7 Å². The lowest BCUT2D eigenvalue weighted by Gasteiger charge is -2.25. The van der Waals surface area contributed by atoms with Crippen molar-refractivity contribution in [3.8, 4) is 0 Å². The Morgan fingerprint density at radius 2 is 1.73 bits per heavy atom. The fourth-order valence-electron chi connectivity index (χ4n) is 3.87. The summed E-state index contributed by atoms with van der Waals surface area (Å²) in [5.41, 5.74) is 5.34. The molecule has 1 atom stereocenters. The monoisotopic (exact) mass is 508 g/mol. The van der Waals surface area contributed by atoms with E-state index in [1.54, 1.807) is 12.1 Å². The molecule has 0 aromatic heterocycles. The van der Waals surface area contributed by atoms with Gasteiger partial charge in [0.15, 0.2) is 0 Å². The molecule has 30 heavy (non-hydrogen) atoms. The highest BCUT2D eigenvalue weighted by molar-refractivity contribution is 9.10. The van der Waals surface area contributed by atoms with Crippen molar-refractivity contribution in [1.82, 2.24) is 10.4 Å². The highest BCUT2D eigenvalue weighted by Gasteiger charge is 2.34. The number of hydrazine groups is 1. The largest absolute Gasteiger partial charge is 0.284 e. The minimum atomic E-state index is -0.147. The Labute approximate surface area is 195 Å². The summed E-state index contributed by atoms with van der Waals surface area (Å²) >= 11 is 16.0. The molecule has 1 fully saturated rings. The summed E-state index contributed by atoms with van der Waals surface area (Å²) in [5, 5.41) is 9.60. The molecule has 0 aliphatic carbocycles. The van der Waals surface area contributed by atoms with Gasteiger partial charge in [0.05, 0.1) is 16.8 Å². The Balaban J connectivity index is 1.61. The highest BCUT2D eigenvalue weighted by atomic mass is 79.9. The molecule has 2 aliphatic heterocycles. The Morgan fingerprint density at radius 1 is 1.03 bits per heavy atom. The van der Waals surface area contributed by atoms with Crippen molar-refractivity contribution in [1.29, 1.82) is 0 Å². The van der Waals surface area contributed by atoms with E-state index in [2.05, 4.69) is 26.5 Å². The molecule has 5 nitrogen and oxygen atoms in total. The average Bonchev–Trinajstić information content (AvgIpc) is 3.00. The smallest absolute Gasteiger partial charge is 0.281 e. The first-order valence-corrected chi connectivity index (χ1v) is 11.7. The number of carbonyl (C=O) groups excluding carboxylic acids is 1. The molecule has 0 saturated carbocycles. The Kier molecular flexibility index (Phi) is 6.98. The number of carbonyl (C=O) groups is 1. The molecule has 0 unspecified atom stereocenters. The molecular weight excluding hydrogens is 487 g/mol. The van der Waals surface area contributed by atoms with Crippen molar-refractivity contribution < 1.29 is 4.79 Å². The third-order valence-electron chi connectivity index (χ3n) is 5.45. The van der Waals surface area contributed by atoms with Crippen LogP contribution in [0.4, 0.5) is 5.69 Å². The van der Waals surface area contributed by atoms with Crippen LogP contribution in [0.5, 0.6) is 0 Å². The molecule has 2 aromatic rings. The summed E-state index contributed by atoms with van der Waals surface area (Å²) in [6.45, 7) is 1.75. The van der Waals surface area contributed by atoms with Gasteiger partial charge < -0.3 is 0 Å². The summed E-state index contributed by atoms with van der Waals surface area (Å²) in [6.07, 6.45) is 5.12. The summed E-state index contributed by atoms with van der Waals surface area (Å²) < 4.78 is 1.00. The second-order valence-electron chi connectivity index (χ2n) is 7.60. The van der Waals surface area contributed by atoms with E-state index in [1.165, 1.54) is 12.8 Å². The first-order chi connectivity index (χ1) is 14.5. The van der Waals surface area contributed by atoms with Gasteiger partial charge in [-0.1, -0.05) is 64.1 Å². The van der Waals surface area contributed by atoms with Crippen molar-refractivity contribution in [2.24, 2.45) is 5.10 Å². The van der Waals surface area contributed by atoms with Crippen molar-refractivity contribution in [2.75, 3.05) is 18.1 Å². The number of halogens is 3. The third-order valence-corrected chi connectivity index (χ3v) is 6.52. The number of benzene rings is 2. The Morgan fingerprint density at radius 3 is 2.40 bits per heavy atom. The topological polar surface area (TPSA) is 47.9 Å². The van der Waals surface area contributed by atoms with Crippen molar-refractivity contribution >= 4 is 56.4 Å². The number of hydrazone groups is 1. The number of rotatable bonds is 4. The van der Waals surface area contributed by atoms with Gasteiger partial charge in [-0.05, 0) is 48.7 Å². The molecule has 0 bridgehead atoms. The summed E-state index contributed by atoms with van der Waals surface area (Å²) in [5.74, 6) is -0.147. The van der Waals surface area contributed by atoms with E-state index in [-0.39, 0.29) is 11.9 Å². The van der Waals surface area contributed by atoms with Crippen LogP contribution in [0.25, 0.3) is 0 Å². The van der Waals surface area contributed by atoms with Gasteiger partial charge >= 0.3 is 0 Å². The van der Waals surface area contributed by atoms with E-state index in [1.807, 2.05) is 40.3 Å². The molecule has 0 radical (unpaired) electrons. The minimum Gasteiger partial charge on any atom is -0.284 e. The van der Waals surface area contributed by atoms with Gasteiger partial charge in [0.2, 0.25) is 0 Å². The first kappa shape index (κ1) is 21.6. The SMILES string of the molecule is O=C(NN1CCCCCC1)C1=NN(c2ccc(Cl)cc2Cl)[C@H](c2ccc(Br)cc2)C1. The number of amides is 1.